The van der Waals surface area contributed by atoms with Crippen molar-refractivity contribution in [3.8, 4) is 11.5 Å². The summed E-state index contributed by atoms with van der Waals surface area (Å²) in [4.78, 5) is 2.19. The van der Waals surface area contributed by atoms with Crippen molar-refractivity contribution in [1.82, 2.24) is 9.21 Å². The molecule has 4 rings (SSSR count). The molecule has 2 heterocycles. The van der Waals surface area contributed by atoms with E-state index in [4.69, 9.17) is 9.47 Å². The summed E-state index contributed by atoms with van der Waals surface area (Å²) in [6.45, 7) is 2.92. The highest BCUT2D eigenvalue weighted by Gasteiger charge is 2.29. The highest BCUT2D eigenvalue weighted by atomic mass is 32.2. The third-order valence-electron chi connectivity index (χ3n) is 4.87. The number of benzene rings is 2. The molecule has 0 unspecified atom stereocenters. The first-order valence-electron chi connectivity index (χ1n) is 8.99. The minimum atomic E-state index is -3.64. The maximum Gasteiger partial charge on any atom is 0.243 e. The first-order chi connectivity index (χ1) is 13.4. The van der Waals surface area contributed by atoms with Crippen LogP contribution in [0.3, 0.4) is 0 Å². The average Bonchev–Trinajstić information content (AvgIpc) is 2.71. The van der Waals surface area contributed by atoms with E-state index >= 15 is 0 Å². The molecule has 0 atom stereocenters. The quantitative estimate of drug-likeness (QED) is 0.774. The van der Waals surface area contributed by atoms with Gasteiger partial charge < -0.3 is 9.47 Å². The largest absolute Gasteiger partial charge is 0.486 e. The van der Waals surface area contributed by atoms with Gasteiger partial charge in [0.25, 0.3) is 0 Å². The first kappa shape index (κ1) is 19.1. The van der Waals surface area contributed by atoms with Crippen molar-refractivity contribution in [3.05, 3.63) is 53.6 Å². The Morgan fingerprint density at radius 1 is 0.857 bits per heavy atom. The van der Waals surface area contributed by atoms with Crippen molar-refractivity contribution >= 4 is 10.0 Å². The normalized spacial score (nSPS) is 18.2. The van der Waals surface area contributed by atoms with E-state index in [1.165, 1.54) is 28.6 Å². The predicted molar refractivity (Wildman–Crippen MR) is 97.8 cm³/mol. The van der Waals surface area contributed by atoms with Gasteiger partial charge in [0.15, 0.2) is 23.1 Å². The lowest BCUT2D eigenvalue weighted by Gasteiger charge is -2.34. The molecule has 0 amide bonds. The Morgan fingerprint density at radius 2 is 1.57 bits per heavy atom. The van der Waals surface area contributed by atoms with Crippen LogP contribution in [0.25, 0.3) is 0 Å². The molecule has 6 nitrogen and oxygen atoms in total. The standard InChI is InChI=1S/C19H20F2N2O4S/c20-16-3-1-14(11-17(16)21)13-22-5-7-23(8-6-22)28(24,25)15-2-4-18-19(12-15)27-10-9-26-18/h1-4,11-12H,5-10,13H2. The molecule has 2 aromatic carbocycles. The first-order valence-corrected chi connectivity index (χ1v) is 10.4. The Hall–Kier alpha value is -2.23. The van der Waals surface area contributed by atoms with Crippen LogP contribution in [-0.2, 0) is 16.6 Å². The van der Waals surface area contributed by atoms with Gasteiger partial charge in [0, 0.05) is 38.8 Å². The second-order valence-electron chi connectivity index (χ2n) is 6.73. The summed E-state index contributed by atoms with van der Waals surface area (Å²) < 4.78 is 64.6. The molecular formula is C19H20F2N2O4S. The van der Waals surface area contributed by atoms with Crippen LogP contribution in [0.5, 0.6) is 11.5 Å². The molecule has 0 N–H and O–H groups in total. The van der Waals surface area contributed by atoms with Gasteiger partial charge in [0.2, 0.25) is 10.0 Å². The Morgan fingerprint density at radius 3 is 2.29 bits per heavy atom. The third kappa shape index (κ3) is 3.82. The summed E-state index contributed by atoms with van der Waals surface area (Å²) in [6.07, 6.45) is 0. The van der Waals surface area contributed by atoms with Crippen LogP contribution in [0.15, 0.2) is 41.3 Å². The van der Waals surface area contributed by atoms with Crippen molar-refractivity contribution in [3.63, 3.8) is 0 Å². The molecule has 1 fully saturated rings. The summed E-state index contributed by atoms with van der Waals surface area (Å²) in [5.41, 5.74) is 0.655. The van der Waals surface area contributed by atoms with Crippen LogP contribution in [0, 0.1) is 11.6 Å². The number of ether oxygens (including phenoxy) is 2. The number of fused-ring (bicyclic) bond motifs is 1. The minimum Gasteiger partial charge on any atom is -0.486 e. The number of rotatable bonds is 4. The van der Waals surface area contributed by atoms with E-state index in [1.54, 1.807) is 6.07 Å². The Kier molecular flexibility index (Phi) is 5.22. The molecule has 2 aliphatic rings. The third-order valence-corrected chi connectivity index (χ3v) is 6.77. The molecule has 0 spiro atoms. The number of piperazine rings is 1. The molecule has 0 bridgehead atoms. The zero-order chi connectivity index (χ0) is 19.7. The fourth-order valence-corrected chi connectivity index (χ4v) is 4.80. The Balaban J connectivity index is 1.42. The molecule has 1 saturated heterocycles. The number of hydrogen-bond donors (Lipinski definition) is 0. The van der Waals surface area contributed by atoms with Gasteiger partial charge in [0.05, 0.1) is 4.90 Å². The maximum absolute atomic E-state index is 13.4. The van der Waals surface area contributed by atoms with Crippen LogP contribution in [0.2, 0.25) is 0 Å². The Bertz CT molecular complexity index is 976. The fraction of sp³-hybridized carbons (Fsp3) is 0.368. The van der Waals surface area contributed by atoms with Gasteiger partial charge in [0.1, 0.15) is 13.2 Å². The van der Waals surface area contributed by atoms with Gasteiger partial charge in [-0.05, 0) is 29.8 Å². The van der Waals surface area contributed by atoms with Crippen LogP contribution in [-0.4, -0.2) is 57.0 Å². The van der Waals surface area contributed by atoms with Crippen LogP contribution in [0.1, 0.15) is 5.56 Å². The summed E-state index contributed by atoms with van der Waals surface area (Å²) >= 11 is 0. The summed E-state index contributed by atoms with van der Waals surface area (Å²) in [5.74, 6) is -0.776. The van der Waals surface area contributed by atoms with Crippen LogP contribution < -0.4 is 9.47 Å². The zero-order valence-corrected chi connectivity index (χ0v) is 15.9. The van der Waals surface area contributed by atoms with Gasteiger partial charge in [-0.25, -0.2) is 17.2 Å². The number of nitrogens with zero attached hydrogens (tertiary/aromatic N) is 2. The fourth-order valence-electron chi connectivity index (χ4n) is 3.36. The molecule has 0 saturated carbocycles. The topological polar surface area (TPSA) is 59.1 Å². The van der Waals surface area contributed by atoms with Crippen molar-refractivity contribution in [2.75, 3.05) is 39.4 Å². The highest BCUT2D eigenvalue weighted by Crippen LogP contribution is 2.33. The number of hydrogen-bond acceptors (Lipinski definition) is 5. The zero-order valence-electron chi connectivity index (χ0n) is 15.1. The molecule has 9 heteroatoms. The van der Waals surface area contributed by atoms with E-state index in [9.17, 15) is 17.2 Å². The van der Waals surface area contributed by atoms with E-state index < -0.39 is 21.7 Å². The average molecular weight is 410 g/mol. The summed E-state index contributed by atoms with van der Waals surface area (Å²) in [7, 11) is -3.64. The number of sulfonamides is 1. The van der Waals surface area contributed by atoms with Gasteiger partial charge in [-0.2, -0.15) is 4.31 Å². The van der Waals surface area contributed by atoms with Gasteiger partial charge >= 0.3 is 0 Å². The molecule has 150 valence electrons. The van der Waals surface area contributed by atoms with Gasteiger partial charge in [-0.15, -0.1) is 0 Å². The highest BCUT2D eigenvalue weighted by molar-refractivity contribution is 7.89. The molecule has 28 heavy (non-hydrogen) atoms. The molecule has 2 aromatic rings. The van der Waals surface area contributed by atoms with Crippen molar-refractivity contribution < 1.29 is 26.7 Å². The monoisotopic (exact) mass is 410 g/mol. The lowest BCUT2D eigenvalue weighted by atomic mass is 10.2. The van der Waals surface area contributed by atoms with E-state index in [2.05, 4.69) is 0 Å². The smallest absolute Gasteiger partial charge is 0.243 e. The second kappa shape index (κ2) is 7.65. The van der Waals surface area contributed by atoms with Crippen molar-refractivity contribution in [2.24, 2.45) is 0 Å². The summed E-state index contributed by atoms with van der Waals surface area (Å²) in [6, 6.07) is 8.45. The number of halogens is 2. The lowest BCUT2D eigenvalue weighted by molar-refractivity contribution is 0.170. The summed E-state index contributed by atoms with van der Waals surface area (Å²) in [5, 5.41) is 0. The molecular weight excluding hydrogens is 390 g/mol. The molecule has 0 aromatic heterocycles. The molecule has 2 aliphatic heterocycles. The van der Waals surface area contributed by atoms with Crippen LogP contribution >= 0.6 is 0 Å². The van der Waals surface area contributed by atoms with E-state index in [0.717, 1.165) is 6.07 Å². The van der Waals surface area contributed by atoms with E-state index in [-0.39, 0.29) is 4.90 Å². The van der Waals surface area contributed by atoms with Crippen molar-refractivity contribution in [2.45, 2.75) is 11.4 Å². The van der Waals surface area contributed by atoms with Gasteiger partial charge in [-0.3, -0.25) is 4.90 Å². The lowest BCUT2D eigenvalue weighted by Crippen LogP contribution is -2.48. The SMILES string of the molecule is O=S(=O)(c1ccc2c(c1)OCCO2)N1CCN(Cc2ccc(F)c(F)c2)CC1. The minimum absolute atomic E-state index is 0.172. The van der Waals surface area contributed by atoms with Crippen LogP contribution in [0.4, 0.5) is 8.78 Å². The van der Waals surface area contributed by atoms with Gasteiger partial charge in [-0.1, -0.05) is 6.07 Å². The molecule has 0 radical (unpaired) electrons. The second-order valence-corrected chi connectivity index (χ2v) is 8.67. The Labute approximate surface area is 162 Å². The van der Waals surface area contributed by atoms with Crippen molar-refractivity contribution in [1.29, 1.82) is 0 Å². The maximum atomic E-state index is 13.4. The predicted octanol–water partition coefficient (Wildman–Crippen LogP) is 2.24. The van der Waals surface area contributed by atoms with E-state index in [1.807, 2.05) is 4.90 Å². The molecule has 0 aliphatic carbocycles. The van der Waals surface area contributed by atoms with E-state index in [0.29, 0.717) is 63.0 Å².